The summed E-state index contributed by atoms with van der Waals surface area (Å²) in [5, 5.41) is 9.38. The molecule has 2 rings (SSSR count). The van der Waals surface area contributed by atoms with E-state index in [9.17, 15) is 5.11 Å². The molecule has 88 valence electrons. The molecule has 1 heterocycles. The number of aliphatic hydroxyl groups excluding tert-OH is 1. The lowest BCUT2D eigenvalue weighted by molar-refractivity contribution is 0.174. The van der Waals surface area contributed by atoms with Gasteiger partial charge >= 0.3 is 0 Å². The predicted octanol–water partition coefficient (Wildman–Crippen LogP) is 2.68. The topological polar surface area (TPSA) is 38.7 Å². The monoisotopic (exact) mass is 222 g/mol. The van der Waals surface area contributed by atoms with Crippen LogP contribution in [-0.4, -0.2) is 18.5 Å². The van der Waals surface area contributed by atoms with Crippen LogP contribution in [0.3, 0.4) is 0 Å². The number of ether oxygens (including phenoxy) is 2. The Morgan fingerprint density at radius 1 is 1.31 bits per heavy atom. The molecule has 0 radical (unpaired) electrons. The van der Waals surface area contributed by atoms with Gasteiger partial charge in [-0.15, -0.1) is 0 Å². The lowest BCUT2D eigenvalue weighted by Gasteiger charge is -2.14. The van der Waals surface area contributed by atoms with Crippen LogP contribution >= 0.6 is 0 Å². The third-order valence-corrected chi connectivity index (χ3v) is 2.99. The summed E-state index contributed by atoms with van der Waals surface area (Å²) >= 11 is 0. The van der Waals surface area contributed by atoms with Gasteiger partial charge < -0.3 is 14.6 Å². The molecule has 0 bridgehead atoms. The van der Waals surface area contributed by atoms with E-state index < -0.39 is 0 Å². The van der Waals surface area contributed by atoms with Crippen LogP contribution in [0.2, 0.25) is 0 Å². The quantitative estimate of drug-likeness (QED) is 0.832. The number of rotatable bonds is 5. The van der Waals surface area contributed by atoms with E-state index in [2.05, 4.69) is 6.92 Å². The minimum absolute atomic E-state index is 0.194. The maximum Gasteiger partial charge on any atom is 0.231 e. The summed E-state index contributed by atoms with van der Waals surface area (Å²) in [6.45, 7) is 2.66. The van der Waals surface area contributed by atoms with Crippen LogP contribution in [0.25, 0.3) is 0 Å². The smallest absolute Gasteiger partial charge is 0.231 e. The largest absolute Gasteiger partial charge is 0.454 e. The molecule has 0 saturated carbocycles. The summed E-state index contributed by atoms with van der Waals surface area (Å²) in [5.74, 6) is 1.82. The fraction of sp³-hybridized carbons (Fsp3) is 0.538. The molecule has 0 aliphatic carbocycles. The Bertz CT molecular complexity index is 349. The second kappa shape index (κ2) is 5.21. The summed E-state index contributed by atoms with van der Waals surface area (Å²) in [6.07, 6.45) is 3.31. The molecule has 1 aliphatic rings. The zero-order chi connectivity index (χ0) is 11.4. The van der Waals surface area contributed by atoms with Crippen molar-refractivity contribution in [3.63, 3.8) is 0 Å². The predicted molar refractivity (Wildman–Crippen MR) is 61.9 cm³/mol. The normalized spacial score (nSPS) is 15.1. The summed E-state index contributed by atoms with van der Waals surface area (Å²) in [4.78, 5) is 0. The molecule has 1 unspecified atom stereocenters. The van der Waals surface area contributed by atoms with Crippen LogP contribution in [0.15, 0.2) is 18.2 Å². The number of unbranched alkanes of at least 4 members (excludes halogenated alkanes) is 1. The van der Waals surface area contributed by atoms with Crippen LogP contribution in [0.1, 0.15) is 37.7 Å². The molecule has 1 N–H and O–H groups in total. The van der Waals surface area contributed by atoms with E-state index >= 15 is 0 Å². The van der Waals surface area contributed by atoms with E-state index in [1.807, 2.05) is 18.2 Å². The van der Waals surface area contributed by atoms with Crippen molar-refractivity contribution >= 4 is 0 Å². The maximum atomic E-state index is 9.38. The molecule has 0 fully saturated rings. The second-order valence-electron chi connectivity index (χ2n) is 4.13. The standard InChI is InChI=1S/C13H18O3/c1-2-3-4-11(8-14)10-5-6-12-13(7-10)16-9-15-12/h5-7,11,14H,2-4,8-9H2,1H3. The van der Waals surface area contributed by atoms with Crippen molar-refractivity contribution < 1.29 is 14.6 Å². The average molecular weight is 222 g/mol. The fourth-order valence-corrected chi connectivity index (χ4v) is 1.98. The first kappa shape index (κ1) is 11.3. The molecule has 0 spiro atoms. The van der Waals surface area contributed by atoms with Gasteiger partial charge in [0.2, 0.25) is 6.79 Å². The number of hydrogen-bond donors (Lipinski definition) is 1. The molecular formula is C13H18O3. The minimum atomic E-state index is 0.194. The Balaban J connectivity index is 2.12. The van der Waals surface area contributed by atoms with E-state index in [4.69, 9.17) is 9.47 Å². The SMILES string of the molecule is CCCCC(CO)c1ccc2c(c1)OCO2. The molecule has 1 aromatic rings. The molecule has 16 heavy (non-hydrogen) atoms. The first-order valence-corrected chi connectivity index (χ1v) is 5.85. The van der Waals surface area contributed by atoms with Gasteiger partial charge in [0.1, 0.15) is 0 Å². The molecule has 1 aromatic carbocycles. The third-order valence-electron chi connectivity index (χ3n) is 2.99. The number of fused-ring (bicyclic) bond motifs is 1. The van der Waals surface area contributed by atoms with Gasteiger partial charge in [-0.1, -0.05) is 25.8 Å². The van der Waals surface area contributed by atoms with Gasteiger partial charge in [-0.2, -0.15) is 0 Å². The highest BCUT2D eigenvalue weighted by Gasteiger charge is 2.17. The van der Waals surface area contributed by atoms with E-state index in [0.717, 1.165) is 36.3 Å². The van der Waals surface area contributed by atoms with Crippen LogP contribution < -0.4 is 9.47 Å². The van der Waals surface area contributed by atoms with Crippen molar-refractivity contribution in [2.75, 3.05) is 13.4 Å². The Hall–Kier alpha value is -1.22. The Morgan fingerprint density at radius 2 is 2.12 bits per heavy atom. The summed E-state index contributed by atoms with van der Waals surface area (Å²) in [7, 11) is 0. The van der Waals surface area contributed by atoms with Gasteiger partial charge in [0.25, 0.3) is 0 Å². The van der Waals surface area contributed by atoms with Crippen LogP contribution in [0.4, 0.5) is 0 Å². The van der Waals surface area contributed by atoms with Gasteiger partial charge in [0.15, 0.2) is 11.5 Å². The first-order valence-electron chi connectivity index (χ1n) is 5.85. The Labute approximate surface area is 96.0 Å². The Kier molecular flexibility index (Phi) is 3.67. The van der Waals surface area contributed by atoms with Crippen LogP contribution in [0, 0.1) is 0 Å². The fourth-order valence-electron chi connectivity index (χ4n) is 1.98. The van der Waals surface area contributed by atoms with Crippen LogP contribution in [0.5, 0.6) is 11.5 Å². The van der Waals surface area contributed by atoms with Gasteiger partial charge in [-0.05, 0) is 24.1 Å². The summed E-state index contributed by atoms with van der Waals surface area (Å²) in [6, 6.07) is 5.93. The lowest BCUT2D eigenvalue weighted by Crippen LogP contribution is -2.04. The number of aliphatic hydroxyl groups is 1. The third kappa shape index (κ3) is 2.30. The zero-order valence-electron chi connectivity index (χ0n) is 9.61. The highest BCUT2D eigenvalue weighted by atomic mass is 16.7. The molecule has 3 nitrogen and oxygen atoms in total. The van der Waals surface area contributed by atoms with Crippen molar-refractivity contribution in [2.24, 2.45) is 0 Å². The highest BCUT2D eigenvalue weighted by molar-refractivity contribution is 5.45. The lowest BCUT2D eigenvalue weighted by atomic mass is 9.94. The number of hydrogen-bond acceptors (Lipinski definition) is 3. The van der Waals surface area contributed by atoms with Gasteiger partial charge in [-0.25, -0.2) is 0 Å². The maximum absolute atomic E-state index is 9.38. The van der Waals surface area contributed by atoms with E-state index in [0.29, 0.717) is 6.79 Å². The molecule has 1 aliphatic heterocycles. The van der Waals surface area contributed by atoms with Gasteiger partial charge in [0.05, 0.1) is 0 Å². The minimum Gasteiger partial charge on any atom is -0.454 e. The summed E-state index contributed by atoms with van der Waals surface area (Å²) in [5.41, 5.74) is 1.14. The Morgan fingerprint density at radius 3 is 2.88 bits per heavy atom. The van der Waals surface area contributed by atoms with Crippen LogP contribution in [-0.2, 0) is 0 Å². The van der Waals surface area contributed by atoms with Crippen molar-refractivity contribution in [1.29, 1.82) is 0 Å². The van der Waals surface area contributed by atoms with Crippen molar-refractivity contribution in [3.8, 4) is 11.5 Å². The van der Waals surface area contributed by atoms with E-state index in [-0.39, 0.29) is 12.5 Å². The van der Waals surface area contributed by atoms with Crippen molar-refractivity contribution in [2.45, 2.75) is 32.1 Å². The zero-order valence-corrected chi connectivity index (χ0v) is 9.61. The molecule has 0 saturated heterocycles. The molecule has 1 atom stereocenters. The number of benzene rings is 1. The molecule has 0 amide bonds. The molecule has 3 heteroatoms. The van der Waals surface area contributed by atoms with E-state index in [1.165, 1.54) is 0 Å². The first-order chi connectivity index (χ1) is 7.85. The van der Waals surface area contributed by atoms with E-state index in [1.54, 1.807) is 0 Å². The second-order valence-corrected chi connectivity index (χ2v) is 4.13. The van der Waals surface area contributed by atoms with Gasteiger partial charge in [-0.3, -0.25) is 0 Å². The van der Waals surface area contributed by atoms with Crippen molar-refractivity contribution in [3.05, 3.63) is 23.8 Å². The van der Waals surface area contributed by atoms with Gasteiger partial charge in [0, 0.05) is 12.5 Å². The average Bonchev–Trinajstić information content (AvgIpc) is 2.77. The molecule has 0 aromatic heterocycles. The summed E-state index contributed by atoms with van der Waals surface area (Å²) < 4.78 is 10.6. The molecular weight excluding hydrogens is 204 g/mol. The highest BCUT2D eigenvalue weighted by Crippen LogP contribution is 2.35. The van der Waals surface area contributed by atoms with Crippen molar-refractivity contribution in [1.82, 2.24) is 0 Å².